The second kappa shape index (κ2) is 7.25. The summed E-state index contributed by atoms with van der Waals surface area (Å²) in [5.41, 5.74) is 4.02. The van der Waals surface area contributed by atoms with Crippen LogP contribution in [0.15, 0.2) is 24.3 Å². The Bertz CT molecular complexity index is 663. The normalized spacial score (nSPS) is 20.6. The first-order valence-electron chi connectivity index (χ1n) is 8.53. The van der Waals surface area contributed by atoms with Gasteiger partial charge >= 0.3 is 0 Å². The maximum absolute atomic E-state index is 6.29. The van der Waals surface area contributed by atoms with E-state index < -0.39 is 0 Å². The van der Waals surface area contributed by atoms with Gasteiger partial charge in [0.05, 0.1) is 12.3 Å². The topological polar surface area (TPSA) is 17.4 Å². The molecule has 0 saturated carbocycles. The quantitative estimate of drug-likeness (QED) is 0.817. The van der Waals surface area contributed by atoms with Crippen molar-refractivity contribution in [1.82, 2.24) is 9.47 Å². The van der Waals surface area contributed by atoms with Crippen LogP contribution in [0.1, 0.15) is 38.4 Å². The van der Waals surface area contributed by atoms with Crippen molar-refractivity contribution in [3.63, 3.8) is 0 Å². The Labute approximate surface area is 146 Å². The zero-order chi connectivity index (χ0) is 15.7. The summed E-state index contributed by atoms with van der Waals surface area (Å²) in [6.45, 7) is 10.9. The molecular weight excluding hydrogens is 308 g/mol. The van der Waals surface area contributed by atoms with E-state index in [9.17, 15) is 0 Å². The fourth-order valence-electron chi connectivity index (χ4n) is 3.95. The van der Waals surface area contributed by atoms with Gasteiger partial charge in [-0.05, 0) is 44.5 Å². The summed E-state index contributed by atoms with van der Waals surface area (Å²) in [7, 11) is 2.19. The fourth-order valence-corrected chi connectivity index (χ4v) is 3.95. The lowest BCUT2D eigenvalue weighted by Crippen LogP contribution is -2.38. The highest BCUT2D eigenvalue weighted by atomic mass is 35.5. The molecule has 3 rings (SSSR count). The molecule has 4 heteroatoms. The molecule has 0 aliphatic carbocycles. The van der Waals surface area contributed by atoms with Crippen LogP contribution in [0.2, 0.25) is 0 Å². The monoisotopic (exact) mass is 336 g/mol. The molecule has 2 aromatic rings. The molecule has 1 aliphatic heterocycles. The van der Waals surface area contributed by atoms with Crippen molar-refractivity contribution < 1.29 is 4.74 Å². The molecule has 1 unspecified atom stereocenters. The zero-order valence-corrected chi connectivity index (χ0v) is 15.6. The molecule has 1 aromatic heterocycles. The van der Waals surface area contributed by atoms with Crippen molar-refractivity contribution in [2.24, 2.45) is 7.05 Å². The van der Waals surface area contributed by atoms with Crippen LogP contribution < -0.4 is 0 Å². The van der Waals surface area contributed by atoms with Gasteiger partial charge in [0.1, 0.15) is 5.60 Å². The van der Waals surface area contributed by atoms with Gasteiger partial charge in [-0.25, -0.2) is 0 Å². The molecular formula is C19H29ClN2O. The van der Waals surface area contributed by atoms with Gasteiger partial charge in [0.25, 0.3) is 0 Å². The Hall–Kier alpha value is -1.03. The molecule has 1 aromatic carbocycles. The number of fused-ring (bicyclic) bond motifs is 3. The molecule has 2 heterocycles. The van der Waals surface area contributed by atoms with Crippen LogP contribution in [-0.4, -0.2) is 35.7 Å². The standard InChI is InChI=1S/C19H28N2O.ClH/c1-5-21(6-2)13-12-19(3)18-16(11-14-22-19)15-9-7-8-10-17(15)20(18)4;/h7-10H,5-6,11-14H2,1-4H3;1H. The first-order chi connectivity index (χ1) is 10.6. The molecule has 0 saturated heterocycles. The minimum absolute atomic E-state index is 0. The summed E-state index contributed by atoms with van der Waals surface area (Å²) in [5, 5.41) is 1.40. The minimum atomic E-state index is -0.177. The lowest BCUT2D eigenvalue weighted by molar-refractivity contribution is -0.0613. The number of nitrogens with zero attached hydrogens (tertiary/aromatic N) is 2. The van der Waals surface area contributed by atoms with Crippen molar-refractivity contribution >= 4 is 23.3 Å². The maximum atomic E-state index is 6.29. The predicted octanol–water partition coefficient (Wildman–Crippen LogP) is 4.12. The molecule has 0 spiro atoms. The summed E-state index contributed by atoms with van der Waals surface area (Å²) in [5.74, 6) is 0. The average Bonchev–Trinajstić information content (AvgIpc) is 2.83. The van der Waals surface area contributed by atoms with Gasteiger partial charge in [0, 0.05) is 24.5 Å². The number of aromatic nitrogens is 1. The molecule has 0 fully saturated rings. The van der Waals surface area contributed by atoms with Crippen LogP contribution in [-0.2, 0) is 23.8 Å². The average molecular weight is 337 g/mol. The number of hydrogen-bond donors (Lipinski definition) is 0. The van der Waals surface area contributed by atoms with Crippen LogP contribution in [0.4, 0.5) is 0 Å². The van der Waals surface area contributed by atoms with Crippen molar-refractivity contribution in [3.05, 3.63) is 35.5 Å². The van der Waals surface area contributed by atoms with E-state index in [0.717, 1.165) is 39.1 Å². The fraction of sp³-hybridized carbons (Fsp3) is 0.579. The SMILES string of the molecule is CCN(CC)CCC1(C)OCCc2c1n(C)c1ccccc21.Cl. The zero-order valence-electron chi connectivity index (χ0n) is 14.8. The van der Waals surface area contributed by atoms with E-state index in [1.165, 1.54) is 22.2 Å². The van der Waals surface area contributed by atoms with Gasteiger partial charge < -0.3 is 14.2 Å². The number of halogens is 1. The second-order valence-electron chi connectivity index (χ2n) is 6.51. The Morgan fingerprint density at radius 2 is 1.91 bits per heavy atom. The number of aryl methyl sites for hydroxylation is 1. The highest BCUT2D eigenvalue weighted by molar-refractivity contribution is 5.86. The van der Waals surface area contributed by atoms with Crippen molar-refractivity contribution in [1.29, 1.82) is 0 Å². The van der Waals surface area contributed by atoms with Crippen LogP contribution in [0.5, 0.6) is 0 Å². The van der Waals surface area contributed by atoms with E-state index in [0.29, 0.717) is 0 Å². The summed E-state index contributed by atoms with van der Waals surface area (Å²) in [4.78, 5) is 2.48. The van der Waals surface area contributed by atoms with Crippen LogP contribution >= 0.6 is 12.4 Å². The maximum Gasteiger partial charge on any atom is 0.107 e. The molecule has 128 valence electrons. The van der Waals surface area contributed by atoms with E-state index in [1.54, 1.807) is 0 Å². The lowest BCUT2D eigenvalue weighted by Gasteiger charge is -2.37. The number of benzene rings is 1. The van der Waals surface area contributed by atoms with Gasteiger partial charge in [-0.2, -0.15) is 0 Å². The number of para-hydroxylation sites is 1. The molecule has 1 atom stereocenters. The summed E-state index contributed by atoms with van der Waals surface area (Å²) in [6.07, 6.45) is 2.07. The van der Waals surface area contributed by atoms with Gasteiger partial charge in [0.15, 0.2) is 0 Å². The van der Waals surface area contributed by atoms with Crippen molar-refractivity contribution in [2.75, 3.05) is 26.2 Å². The van der Waals surface area contributed by atoms with Crippen molar-refractivity contribution in [3.8, 4) is 0 Å². The first-order valence-corrected chi connectivity index (χ1v) is 8.53. The highest BCUT2D eigenvalue weighted by Gasteiger charge is 2.37. The second-order valence-corrected chi connectivity index (χ2v) is 6.51. The highest BCUT2D eigenvalue weighted by Crippen LogP contribution is 2.40. The molecule has 3 nitrogen and oxygen atoms in total. The lowest BCUT2D eigenvalue weighted by atomic mass is 9.89. The predicted molar refractivity (Wildman–Crippen MR) is 99.6 cm³/mol. The molecule has 0 N–H and O–H groups in total. The van der Waals surface area contributed by atoms with E-state index in [4.69, 9.17) is 4.74 Å². The Morgan fingerprint density at radius 3 is 2.61 bits per heavy atom. The van der Waals surface area contributed by atoms with E-state index in [1.807, 2.05) is 0 Å². The summed E-state index contributed by atoms with van der Waals surface area (Å²) < 4.78 is 8.65. The third-order valence-electron chi connectivity index (χ3n) is 5.28. The van der Waals surface area contributed by atoms with Crippen LogP contribution in [0, 0.1) is 0 Å². The van der Waals surface area contributed by atoms with E-state index in [-0.39, 0.29) is 18.0 Å². The molecule has 0 bridgehead atoms. The van der Waals surface area contributed by atoms with Gasteiger partial charge in [0.2, 0.25) is 0 Å². The van der Waals surface area contributed by atoms with Gasteiger partial charge in [-0.3, -0.25) is 0 Å². The summed E-state index contributed by atoms with van der Waals surface area (Å²) in [6, 6.07) is 8.75. The molecule has 23 heavy (non-hydrogen) atoms. The van der Waals surface area contributed by atoms with E-state index >= 15 is 0 Å². The number of hydrogen-bond acceptors (Lipinski definition) is 2. The number of rotatable bonds is 5. The Kier molecular flexibility index (Phi) is 5.77. The van der Waals surface area contributed by atoms with Gasteiger partial charge in [-0.1, -0.05) is 32.0 Å². The molecule has 0 amide bonds. The molecule has 1 aliphatic rings. The van der Waals surface area contributed by atoms with Crippen LogP contribution in [0.3, 0.4) is 0 Å². The molecule has 0 radical (unpaired) electrons. The first kappa shape index (κ1) is 18.3. The third kappa shape index (κ3) is 3.15. The smallest absolute Gasteiger partial charge is 0.107 e. The van der Waals surface area contributed by atoms with Crippen LogP contribution in [0.25, 0.3) is 10.9 Å². The largest absolute Gasteiger partial charge is 0.369 e. The Morgan fingerprint density at radius 1 is 1.22 bits per heavy atom. The number of ether oxygens (including phenoxy) is 1. The van der Waals surface area contributed by atoms with Gasteiger partial charge in [-0.15, -0.1) is 12.4 Å². The third-order valence-corrected chi connectivity index (χ3v) is 5.28. The van der Waals surface area contributed by atoms with Crippen molar-refractivity contribution in [2.45, 2.75) is 39.2 Å². The Balaban J connectivity index is 0.00000192. The summed E-state index contributed by atoms with van der Waals surface area (Å²) >= 11 is 0. The van der Waals surface area contributed by atoms with E-state index in [2.05, 4.69) is 61.6 Å². The minimum Gasteiger partial charge on any atom is -0.369 e.